The highest BCUT2D eigenvalue weighted by molar-refractivity contribution is 14.0. The second kappa shape index (κ2) is 13.0. The molecule has 0 atom stereocenters. The number of benzene rings is 1. The van der Waals surface area contributed by atoms with Crippen LogP contribution in [0.15, 0.2) is 23.2 Å². The predicted molar refractivity (Wildman–Crippen MR) is 114 cm³/mol. The second-order valence-electron chi connectivity index (χ2n) is 5.27. The molecule has 2 N–H and O–H groups in total. The summed E-state index contributed by atoms with van der Waals surface area (Å²) in [7, 11) is 1.90. The van der Waals surface area contributed by atoms with Crippen LogP contribution < -0.4 is 20.1 Å². The third-order valence-corrected chi connectivity index (χ3v) is 4.21. The molecule has 0 saturated heterocycles. The first-order valence-electron chi connectivity index (χ1n) is 7.80. The van der Waals surface area contributed by atoms with E-state index in [1.807, 2.05) is 18.2 Å². The summed E-state index contributed by atoms with van der Waals surface area (Å²) in [6.45, 7) is 1.63. The lowest BCUT2D eigenvalue weighted by atomic mass is 10.2. The molecule has 0 unspecified atom stereocenters. The molecule has 0 aromatic heterocycles. The first-order chi connectivity index (χ1) is 11.9. The van der Waals surface area contributed by atoms with Crippen molar-refractivity contribution in [2.75, 3.05) is 53.0 Å². The molecule has 0 aliphatic carbocycles. The quantitative estimate of drug-likeness (QED) is 0.214. The molecule has 0 bridgehead atoms. The predicted octanol–water partition coefficient (Wildman–Crippen LogP) is 1.05. The molecule has 8 nitrogen and oxygen atoms in total. The minimum atomic E-state index is -2.99. The fraction of sp³-hybridized carbons (Fsp3) is 0.562. The monoisotopic (exact) mass is 501 g/mol. The maximum atomic E-state index is 11.0. The van der Waals surface area contributed by atoms with Gasteiger partial charge in [-0.3, -0.25) is 4.99 Å². The van der Waals surface area contributed by atoms with Crippen LogP contribution in [-0.4, -0.2) is 67.4 Å². The summed E-state index contributed by atoms with van der Waals surface area (Å²) in [5.74, 6) is 2.10. The van der Waals surface area contributed by atoms with Gasteiger partial charge in [-0.1, -0.05) is 0 Å². The highest BCUT2D eigenvalue weighted by atomic mass is 127. The Morgan fingerprint density at radius 1 is 1.15 bits per heavy atom. The molecule has 1 rings (SSSR count). The van der Waals surface area contributed by atoms with Crippen molar-refractivity contribution in [1.29, 1.82) is 0 Å². The lowest BCUT2D eigenvalue weighted by molar-refractivity contribution is 0.154. The molecular weight excluding hydrogens is 473 g/mol. The van der Waals surface area contributed by atoms with Crippen molar-refractivity contribution in [1.82, 2.24) is 10.6 Å². The Balaban J connectivity index is 0.00000625. The third kappa shape index (κ3) is 10.0. The molecule has 1 aromatic carbocycles. The van der Waals surface area contributed by atoms with Crippen LogP contribution in [0.1, 0.15) is 5.56 Å². The van der Waals surface area contributed by atoms with Crippen LogP contribution in [0.25, 0.3) is 0 Å². The van der Waals surface area contributed by atoms with E-state index in [0.29, 0.717) is 25.7 Å². The molecule has 0 aliphatic rings. The number of aliphatic imine (C=N–C) groups is 1. The maximum absolute atomic E-state index is 11.0. The number of methoxy groups -OCH3 is 2. The molecule has 10 heteroatoms. The van der Waals surface area contributed by atoms with E-state index in [0.717, 1.165) is 17.1 Å². The first-order valence-corrected chi connectivity index (χ1v) is 9.86. The molecule has 0 amide bonds. The van der Waals surface area contributed by atoms with Crippen LogP contribution in [-0.2, 0) is 21.1 Å². The summed E-state index contributed by atoms with van der Waals surface area (Å²) in [5, 5.41) is 6.28. The van der Waals surface area contributed by atoms with Gasteiger partial charge in [0.15, 0.2) is 5.96 Å². The Hall–Kier alpha value is -1.27. The standard InChI is InChI=1S/C16H27N3O5S.HI/c1-17-16(18-7-8-24-9-10-25(4,20)21)19-12-13-5-6-14(22-2)11-15(13)23-3;/h5-6,11H,7-10,12H2,1-4H3,(H2,17,18,19);1H. The van der Waals surface area contributed by atoms with Crippen LogP contribution in [0.2, 0.25) is 0 Å². The van der Waals surface area contributed by atoms with Crippen molar-refractivity contribution < 1.29 is 22.6 Å². The minimum absolute atomic E-state index is 0. The highest BCUT2D eigenvalue weighted by Gasteiger charge is 2.06. The SMILES string of the molecule is CN=C(NCCOCCS(C)(=O)=O)NCc1ccc(OC)cc1OC.I. The van der Waals surface area contributed by atoms with E-state index >= 15 is 0 Å². The summed E-state index contributed by atoms with van der Waals surface area (Å²) in [6, 6.07) is 5.61. The van der Waals surface area contributed by atoms with Crippen molar-refractivity contribution >= 4 is 39.8 Å². The smallest absolute Gasteiger partial charge is 0.191 e. The normalized spacial score (nSPS) is 11.5. The molecule has 150 valence electrons. The minimum Gasteiger partial charge on any atom is -0.497 e. The average molecular weight is 501 g/mol. The van der Waals surface area contributed by atoms with Gasteiger partial charge in [-0.25, -0.2) is 8.42 Å². The second-order valence-corrected chi connectivity index (χ2v) is 7.53. The van der Waals surface area contributed by atoms with E-state index in [1.165, 1.54) is 6.26 Å². The fourth-order valence-electron chi connectivity index (χ4n) is 1.95. The fourth-order valence-corrected chi connectivity index (χ4v) is 2.37. The van der Waals surface area contributed by atoms with Gasteiger partial charge in [0.05, 0.1) is 33.2 Å². The van der Waals surface area contributed by atoms with Crippen molar-refractivity contribution in [3.63, 3.8) is 0 Å². The van der Waals surface area contributed by atoms with E-state index in [2.05, 4.69) is 15.6 Å². The molecule has 26 heavy (non-hydrogen) atoms. The maximum Gasteiger partial charge on any atom is 0.191 e. The Labute approximate surface area is 172 Å². The Morgan fingerprint density at radius 3 is 2.46 bits per heavy atom. The topological polar surface area (TPSA) is 98.3 Å². The lowest BCUT2D eigenvalue weighted by Crippen LogP contribution is -2.38. The Kier molecular flexibility index (Phi) is 12.3. The van der Waals surface area contributed by atoms with Gasteiger partial charge in [-0.05, 0) is 12.1 Å². The molecular formula is C16H28IN3O5S. The van der Waals surface area contributed by atoms with E-state index < -0.39 is 9.84 Å². The number of rotatable bonds is 10. The van der Waals surface area contributed by atoms with Gasteiger partial charge in [0.1, 0.15) is 21.3 Å². The first kappa shape index (κ1) is 24.7. The molecule has 0 fully saturated rings. The zero-order valence-electron chi connectivity index (χ0n) is 15.6. The molecule has 0 radical (unpaired) electrons. The summed E-state index contributed by atoms with van der Waals surface area (Å²) < 4.78 is 37.8. The number of nitrogens with one attached hydrogen (secondary N) is 2. The van der Waals surface area contributed by atoms with E-state index in [4.69, 9.17) is 14.2 Å². The summed E-state index contributed by atoms with van der Waals surface area (Å²) >= 11 is 0. The van der Waals surface area contributed by atoms with Crippen molar-refractivity contribution in [3.05, 3.63) is 23.8 Å². The van der Waals surface area contributed by atoms with Gasteiger partial charge in [0.2, 0.25) is 0 Å². The summed E-state index contributed by atoms with van der Waals surface area (Å²) in [6.07, 6.45) is 1.19. The van der Waals surface area contributed by atoms with Gasteiger partial charge < -0.3 is 24.8 Å². The Morgan fingerprint density at radius 2 is 1.88 bits per heavy atom. The van der Waals surface area contributed by atoms with Gasteiger partial charge in [0.25, 0.3) is 0 Å². The van der Waals surface area contributed by atoms with Crippen molar-refractivity contribution in [2.24, 2.45) is 4.99 Å². The lowest BCUT2D eigenvalue weighted by Gasteiger charge is -2.14. The van der Waals surface area contributed by atoms with Crippen LogP contribution in [0.4, 0.5) is 0 Å². The molecule has 0 aliphatic heterocycles. The van der Waals surface area contributed by atoms with E-state index in [9.17, 15) is 8.42 Å². The third-order valence-electron chi connectivity index (χ3n) is 3.30. The molecule has 0 saturated carbocycles. The number of hydrogen-bond acceptors (Lipinski definition) is 6. The van der Waals surface area contributed by atoms with Crippen molar-refractivity contribution in [2.45, 2.75) is 6.54 Å². The van der Waals surface area contributed by atoms with Gasteiger partial charge in [0, 0.05) is 38.0 Å². The van der Waals surface area contributed by atoms with E-state index in [1.54, 1.807) is 21.3 Å². The van der Waals surface area contributed by atoms with E-state index in [-0.39, 0.29) is 36.3 Å². The van der Waals surface area contributed by atoms with Crippen LogP contribution in [0.5, 0.6) is 11.5 Å². The molecule has 0 spiro atoms. The molecule has 1 aromatic rings. The number of nitrogens with zero attached hydrogens (tertiary/aromatic N) is 1. The summed E-state index contributed by atoms with van der Waals surface area (Å²) in [4.78, 5) is 4.13. The van der Waals surface area contributed by atoms with Gasteiger partial charge >= 0.3 is 0 Å². The number of guanidine groups is 1. The Bertz CT molecular complexity index is 668. The summed E-state index contributed by atoms with van der Waals surface area (Å²) in [5.41, 5.74) is 0.968. The number of halogens is 1. The zero-order valence-corrected chi connectivity index (χ0v) is 18.7. The largest absolute Gasteiger partial charge is 0.497 e. The van der Waals surface area contributed by atoms with Crippen LogP contribution >= 0.6 is 24.0 Å². The van der Waals surface area contributed by atoms with Crippen molar-refractivity contribution in [3.8, 4) is 11.5 Å². The highest BCUT2D eigenvalue weighted by Crippen LogP contribution is 2.24. The number of sulfone groups is 1. The zero-order chi connectivity index (χ0) is 18.7. The average Bonchev–Trinajstić information content (AvgIpc) is 2.59. The molecule has 0 heterocycles. The van der Waals surface area contributed by atoms with Crippen LogP contribution in [0, 0.1) is 0 Å². The van der Waals surface area contributed by atoms with Gasteiger partial charge in [-0.15, -0.1) is 24.0 Å². The number of hydrogen-bond donors (Lipinski definition) is 2. The van der Waals surface area contributed by atoms with Crippen LogP contribution in [0.3, 0.4) is 0 Å². The number of ether oxygens (including phenoxy) is 3. The van der Waals surface area contributed by atoms with Gasteiger partial charge in [-0.2, -0.15) is 0 Å².